The first-order chi connectivity index (χ1) is 16.3. The van der Waals surface area contributed by atoms with Gasteiger partial charge in [-0.3, -0.25) is 24.5 Å². The van der Waals surface area contributed by atoms with Crippen LogP contribution in [0.2, 0.25) is 0 Å². The van der Waals surface area contributed by atoms with Crippen molar-refractivity contribution in [2.45, 2.75) is 38.3 Å². The van der Waals surface area contributed by atoms with Crippen LogP contribution in [0.15, 0.2) is 42.5 Å². The highest BCUT2D eigenvalue weighted by Crippen LogP contribution is 2.54. The molecule has 4 aliphatic rings. The number of nitro groups is 1. The molecule has 0 saturated carbocycles. The van der Waals surface area contributed by atoms with Crippen molar-refractivity contribution in [3.8, 4) is 0 Å². The number of non-ortho nitro benzene ring substituents is 1. The molecule has 34 heavy (non-hydrogen) atoms. The second-order valence-electron chi connectivity index (χ2n) is 9.64. The number of fused-ring (bicyclic) bond motifs is 7. The lowest BCUT2D eigenvalue weighted by Crippen LogP contribution is -3.20. The Morgan fingerprint density at radius 1 is 1.12 bits per heavy atom. The smallest absolute Gasteiger partial charge is 0.294 e. The zero-order chi connectivity index (χ0) is 23.9. The molecule has 174 valence electrons. The van der Waals surface area contributed by atoms with Crippen molar-refractivity contribution < 1.29 is 24.2 Å². The molecule has 3 amide bonds. The van der Waals surface area contributed by atoms with Gasteiger partial charge >= 0.3 is 0 Å². The molecule has 4 heterocycles. The Labute approximate surface area is 196 Å². The van der Waals surface area contributed by atoms with Crippen molar-refractivity contribution in [2.24, 2.45) is 11.8 Å². The fourth-order valence-corrected chi connectivity index (χ4v) is 7.10. The Kier molecular flexibility index (Phi) is 4.29. The van der Waals surface area contributed by atoms with Crippen LogP contribution in [0.25, 0.3) is 0 Å². The van der Waals surface area contributed by atoms with Gasteiger partial charge in [0.05, 0.1) is 22.8 Å². The Bertz CT molecular complexity index is 1290. The number of nitrogens with one attached hydrogen (secondary N) is 1. The molecule has 2 aromatic carbocycles. The highest BCUT2D eigenvalue weighted by molar-refractivity contribution is 6.25. The lowest BCUT2D eigenvalue weighted by Gasteiger charge is -2.34. The molecule has 9 nitrogen and oxygen atoms in total. The zero-order valence-electron chi connectivity index (χ0n) is 19.0. The third-order valence-electron chi connectivity index (χ3n) is 8.33. The van der Waals surface area contributed by atoms with Crippen molar-refractivity contribution in [1.82, 2.24) is 0 Å². The Morgan fingerprint density at radius 2 is 1.88 bits per heavy atom. The van der Waals surface area contributed by atoms with Gasteiger partial charge in [0.1, 0.15) is 17.9 Å². The SMILES string of the molecule is CCN1C(=O)[C@]2(c3ccccc31)[C@@H]1C(=O)N(c3cc([N+](=O)[O-])ccc3C)C(=O)[C@@H]1[C@@H]1CCC[NH+]12. The van der Waals surface area contributed by atoms with Crippen molar-refractivity contribution in [3.63, 3.8) is 0 Å². The molecule has 9 heteroatoms. The average Bonchev–Trinajstić information content (AvgIpc) is 3.52. The number of carbonyl (C=O) groups is 3. The van der Waals surface area contributed by atoms with E-state index in [1.54, 1.807) is 17.9 Å². The maximum Gasteiger partial charge on any atom is 0.294 e. The van der Waals surface area contributed by atoms with Gasteiger partial charge in [-0.2, -0.15) is 0 Å². The Hall–Kier alpha value is -3.59. The first-order valence-electron chi connectivity index (χ1n) is 11.7. The number of quaternary nitrogens is 1. The fourth-order valence-electron chi connectivity index (χ4n) is 7.10. The maximum absolute atomic E-state index is 14.1. The van der Waals surface area contributed by atoms with Gasteiger partial charge < -0.3 is 9.80 Å². The first-order valence-corrected chi connectivity index (χ1v) is 11.7. The molecule has 0 bridgehead atoms. The summed E-state index contributed by atoms with van der Waals surface area (Å²) in [6.07, 6.45) is 1.64. The van der Waals surface area contributed by atoms with Crippen molar-refractivity contribution in [2.75, 3.05) is 22.9 Å². The number of aryl methyl sites for hydroxylation is 1. The van der Waals surface area contributed by atoms with Crippen LogP contribution in [0.3, 0.4) is 0 Å². The molecular weight excluding hydrogens is 436 g/mol. The molecule has 2 aromatic rings. The molecule has 1 spiro atoms. The summed E-state index contributed by atoms with van der Waals surface area (Å²) < 4.78 is 0. The topological polar surface area (TPSA) is 105 Å². The van der Waals surface area contributed by atoms with E-state index in [0.717, 1.165) is 40.4 Å². The maximum atomic E-state index is 14.1. The van der Waals surface area contributed by atoms with E-state index in [2.05, 4.69) is 0 Å². The minimum absolute atomic E-state index is 0.121. The van der Waals surface area contributed by atoms with E-state index >= 15 is 0 Å². The number of nitrogens with zero attached hydrogens (tertiary/aromatic N) is 3. The van der Waals surface area contributed by atoms with Crippen LogP contribution in [0.5, 0.6) is 0 Å². The predicted molar refractivity (Wildman–Crippen MR) is 122 cm³/mol. The fraction of sp³-hybridized carbons (Fsp3) is 0.400. The largest absolute Gasteiger partial charge is 0.315 e. The third kappa shape index (κ3) is 2.30. The van der Waals surface area contributed by atoms with Gasteiger partial charge in [-0.25, -0.2) is 4.90 Å². The van der Waals surface area contributed by atoms with Crippen molar-refractivity contribution >= 4 is 34.8 Å². The number of rotatable bonds is 3. The van der Waals surface area contributed by atoms with Gasteiger partial charge in [0.25, 0.3) is 11.6 Å². The van der Waals surface area contributed by atoms with Crippen LogP contribution in [0.4, 0.5) is 17.1 Å². The van der Waals surface area contributed by atoms with E-state index in [1.165, 1.54) is 12.1 Å². The van der Waals surface area contributed by atoms with Crippen LogP contribution >= 0.6 is 0 Å². The zero-order valence-corrected chi connectivity index (χ0v) is 19.0. The summed E-state index contributed by atoms with van der Waals surface area (Å²) in [5.74, 6) is -2.35. The van der Waals surface area contributed by atoms with Gasteiger partial charge in [0, 0.05) is 37.1 Å². The standard InChI is InChI=1S/C25H24N4O5/c1-3-26-17-8-5-4-7-16(17)25(24(26)32)21-20(18-9-6-12-27(18)25)22(30)28(23(21)31)19-13-15(29(33)34)11-10-14(19)2/h4-5,7-8,10-11,13,18,20-21H,3,6,9,12H2,1-2H3/p+1/t18-,20+,21-,25-/m0/s1. The van der Waals surface area contributed by atoms with E-state index in [9.17, 15) is 24.5 Å². The van der Waals surface area contributed by atoms with Crippen molar-refractivity contribution in [3.05, 3.63) is 63.7 Å². The summed E-state index contributed by atoms with van der Waals surface area (Å²) in [6, 6.07) is 11.7. The summed E-state index contributed by atoms with van der Waals surface area (Å²) in [5, 5.41) is 11.4. The molecule has 3 saturated heterocycles. The molecular formula is C25H25N4O5+. The summed E-state index contributed by atoms with van der Waals surface area (Å²) in [7, 11) is 0. The number of hydrogen-bond donors (Lipinski definition) is 1. The van der Waals surface area contributed by atoms with Gasteiger partial charge in [-0.1, -0.05) is 24.3 Å². The number of amides is 3. The van der Waals surface area contributed by atoms with Gasteiger partial charge in [0.15, 0.2) is 0 Å². The van der Waals surface area contributed by atoms with Crippen LogP contribution < -0.4 is 14.7 Å². The van der Waals surface area contributed by atoms with E-state index < -0.39 is 28.2 Å². The van der Waals surface area contributed by atoms with Gasteiger partial charge in [-0.05, 0) is 25.5 Å². The summed E-state index contributed by atoms with van der Waals surface area (Å²) in [6.45, 7) is 4.84. The number of imide groups is 1. The van der Waals surface area contributed by atoms with Gasteiger partial charge in [0.2, 0.25) is 17.4 Å². The molecule has 0 aliphatic carbocycles. The molecule has 6 rings (SSSR count). The number of carbonyl (C=O) groups excluding carboxylic acids is 3. The van der Waals surface area contributed by atoms with E-state index in [1.807, 2.05) is 31.2 Å². The summed E-state index contributed by atoms with van der Waals surface area (Å²) in [5.41, 5.74) is 1.13. The second-order valence-corrected chi connectivity index (χ2v) is 9.64. The Balaban J connectivity index is 1.56. The third-order valence-corrected chi connectivity index (χ3v) is 8.33. The number of hydrogen-bond acceptors (Lipinski definition) is 5. The number of para-hydroxylation sites is 1. The second kappa shape index (κ2) is 6.96. The normalized spacial score (nSPS) is 31.4. The highest BCUT2D eigenvalue weighted by Gasteiger charge is 2.79. The van der Waals surface area contributed by atoms with E-state index in [0.29, 0.717) is 12.1 Å². The number of nitro benzene ring substituents is 1. The van der Waals surface area contributed by atoms with Gasteiger partial charge in [-0.15, -0.1) is 0 Å². The minimum atomic E-state index is -1.14. The molecule has 1 unspecified atom stereocenters. The van der Waals surface area contributed by atoms with Crippen LogP contribution in [0.1, 0.15) is 30.9 Å². The molecule has 4 aliphatic heterocycles. The average molecular weight is 461 g/mol. The minimum Gasteiger partial charge on any atom is -0.315 e. The lowest BCUT2D eigenvalue weighted by molar-refractivity contribution is -0.948. The predicted octanol–water partition coefficient (Wildman–Crippen LogP) is 1.33. The molecule has 3 fully saturated rings. The van der Waals surface area contributed by atoms with E-state index in [-0.39, 0.29) is 29.2 Å². The number of anilines is 2. The highest BCUT2D eigenvalue weighted by atomic mass is 16.6. The van der Waals surface area contributed by atoms with Crippen LogP contribution in [0, 0.1) is 28.9 Å². The summed E-state index contributed by atoms with van der Waals surface area (Å²) >= 11 is 0. The molecule has 0 radical (unpaired) electrons. The number of likely N-dealkylation sites (N-methyl/N-ethyl adjacent to an activating group) is 1. The lowest BCUT2D eigenvalue weighted by atomic mass is 9.75. The number of benzene rings is 2. The van der Waals surface area contributed by atoms with E-state index in [4.69, 9.17) is 0 Å². The molecule has 5 atom stereocenters. The summed E-state index contributed by atoms with van der Waals surface area (Å²) in [4.78, 5) is 56.9. The van der Waals surface area contributed by atoms with Crippen LogP contribution in [-0.2, 0) is 19.9 Å². The monoisotopic (exact) mass is 461 g/mol. The molecule has 0 aromatic heterocycles. The molecule has 1 N–H and O–H groups in total. The van der Waals surface area contributed by atoms with Crippen molar-refractivity contribution in [1.29, 1.82) is 0 Å². The van der Waals surface area contributed by atoms with Crippen LogP contribution in [-0.4, -0.2) is 41.8 Å². The first kappa shape index (κ1) is 21.0. The quantitative estimate of drug-likeness (QED) is 0.422. The Morgan fingerprint density at radius 3 is 2.62 bits per heavy atom.